The molecule has 0 saturated heterocycles. The van der Waals surface area contributed by atoms with E-state index < -0.39 is 17.4 Å². The molecule has 0 bridgehead atoms. The van der Waals surface area contributed by atoms with E-state index in [1.54, 1.807) is 4.57 Å². The number of aliphatic hydroxyl groups excluding tert-OH is 2. The van der Waals surface area contributed by atoms with Gasteiger partial charge in [-0.05, 0) is 5.56 Å². The van der Waals surface area contributed by atoms with Crippen molar-refractivity contribution in [3.05, 3.63) is 56.7 Å². The van der Waals surface area contributed by atoms with Crippen LogP contribution in [0.1, 0.15) is 5.56 Å². The molecular weight excluding hydrogens is 344 g/mol. The summed E-state index contributed by atoms with van der Waals surface area (Å²) in [5, 5.41) is 19.1. The molecule has 1 aromatic carbocycles. The van der Waals surface area contributed by atoms with Crippen LogP contribution in [0.15, 0.2) is 45.1 Å². The second kappa shape index (κ2) is 7.26. The Hall–Kier alpha value is -2.36. The minimum absolute atomic E-state index is 0.223. The molecule has 1 atom stereocenters. The van der Waals surface area contributed by atoms with Gasteiger partial charge in [-0.25, -0.2) is 9.78 Å². The van der Waals surface area contributed by atoms with Crippen molar-refractivity contribution in [1.82, 2.24) is 19.1 Å². The summed E-state index contributed by atoms with van der Waals surface area (Å²) in [6, 6.07) is 9.56. The number of imidazole rings is 1. The van der Waals surface area contributed by atoms with Crippen molar-refractivity contribution in [2.45, 2.75) is 17.8 Å². The van der Waals surface area contributed by atoms with Gasteiger partial charge in [0.05, 0.1) is 19.3 Å². The maximum atomic E-state index is 12.3. The van der Waals surface area contributed by atoms with E-state index in [0.717, 1.165) is 5.56 Å². The zero-order valence-corrected chi connectivity index (χ0v) is 14.4. The largest absolute Gasteiger partial charge is 0.394 e. The normalized spacial score (nSPS) is 12.6. The standard InChI is InChI=1S/C16H18N4O4S/c1-19-13-12(14(23)18-15(19)24)20(7-10-5-3-2-4-6-10)16(17-13)25-9-11(22)8-21/h2-6,11,21-22H,7-9H2,1H3,(H,18,23,24). The Morgan fingerprint density at radius 1 is 1.28 bits per heavy atom. The molecule has 1 unspecified atom stereocenters. The smallest absolute Gasteiger partial charge is 0.329 e. The number of benzene rings is 1. The van der Waals surface area contributed by atoms with E-state index in [4.69, 9.17) is 5.11 Å². The van der Waals surface area contributed by atoms with E-state index in [9.17, 15) is 14.7 Å². The third-order valence-corrected chi connectivity index (χ3v) is 4.89. The van der Waals surface area contributed by atoms with Gasteiger partial charge in [0.1, 0.15) is 0 Å². The number of thioether (sulfide) groups is 1. The molecule has 3 rings (SSSR count). The molecule has 0 aliphatic rings. The molecule has 0 spiro atoms. The van der Waals surface area contributed by atoms with Crippen molar-refractivity contribution in [3.8, 4) is 0 Å². The average Bonchev–Trinajstić information content (AvgIpc) is 2.97. The minimum atomic E-state index is -0.892. The fourth-order valence-corrected chi connectivity index (χ4v) is 3.37. The summed E-state index contributed by atoms with van der Waals surface area (Å²) in [7, 11) is 1.54. The Kier molecular flexibility index (Phi) is 5.07. The van der Waals surface area contributed by atoms with Crippen LogP contribution in [-0.2, 0) is 13.6 Å². The summed E-state index contributed by atoms with van der Waals surface area (Å²) in [5.41, 5.74) is 0.516. The molecule has 0 radical (unpaired) electrons. The van der Waals surface area contributed by atoms with Crippen LogP contribution in [0.2, 0.25) is 0 Å². The lowest BCUT2D eigenvalue weighted by molar-refractivity contribution is 0.113. The van der Waals surface area contributed by atoms with Crippen molar-refractivity contribution in [2.75, 3.05) is 12.4 Å². The quantitative estimate of drug-likeness (QED) is 0.529. The summed E-state index contributed by atoms with van der Waals surface area (Å²) in [6.45, 7) is 0.0428. The molecule has 0 fully saturated rings. The van der Waals surface area contributed by atoms with E-state index in [0.29, 0.717) is 17.2 Å². The van der Waals surface area contributed by atoms with E-state index >= 15 is 0 Å². The molecule has 3 N–H and O–H groups in total. The Bertz CT molecular complexity index is 993. The maximum absolute atomic E-state index is 12.3. The molecule has 132 valence electrons. The molecule has 25 heavy (non-hydrogen) atoms. The number of aromatic nitrogens is 4. The molecule has 0 aliphatic heterocycles. The Morgan fingerprint density at radius 3 is 2.68 bits per heavy atom. The van der Waals surface area contributed by atoms with Crippen LogP contribution in [0, 0.1) is 0 Å². The van der Waals surface area contributed by atoms with Crippen molar-refractivity contribution in [2.24, 2.45) is 7.05 Å². The summed E-state index contributed by atoms with van der Waals surface area (Å²) in [4.78, 5) is 30.9. The highest BCUT2D eigenvalue weighted by Crippen LogP contribution is 2.23. The summed E-state index contributed by atoms with van der Waals surface area (Å²) >= 11 is 1.22. The van der Waals surface area contributed by atoms with E-state index in [1.165, 1.54) is 23.4 Å². The minimum Gasteiger partial charge on any atom is -0.394 e. The Labute approximate surface area is 146 Å². The van der Waals surface area contributed by atoms with Crippen molar-refractivity contribution >= 4 is 22.9 Å². The SMILES string of the molecule is Cn1c(=O)[nH]c(=O)c2c1nc(SCC(O)CO)n2Cc1ccccc1. The van der Waals surface area contributed by atoms with E-state index in [1.807, 2.05) is 30.3 Å². The van der Waals surface area contributed by atoms with Crippen molar-refractivity contribution < 1.29 is 10.2 Å². The molecule has 0 aliphatic carbocycles. The highest BCUT2D eigenvalue weighted by atomic mass is 32.2. The number of nitrogens with zero attached hydrogens (tertiary/aromatic N) is 3. The second-order valence-corrected chi connectivity index (χ2v) is 6.59. The lowest BCUT2D eigenvalue weighted by Gasteiger charge is -2.10. The predicted molar refractivity (Wildman–Crippen MR) is 95.0 cm³/mol. The second-order valence-electron chi connectivity index (χ2n) is 5.60. The number of aryl methyl sites for hydroxylation is 1. The zero-order chi connectivity index (χ0) is 18.0. The van der Waals surface area contributed by atoms with Gasteiger partial charge in [-0.1, -0.05) is 42.1 Å². The molecule has 2 heterocycles. The Morgan fingerprint density at radius 2 is 2.00 bits per heavy atom. The first kappa shape index (κ1) is 17.5. The van der Waals surface area contributed by atoms with Crippen LogP contribution >= 0.6 is 11.8 Å². The van der Waals surface area contributed by atoms with E-state index in [-0.39, 0.29) is 18.0 Å². The average molecular weight is 362 g/mol. The maximum Gasteiger partial charge on any atom is 0.329 e. The first-order chi connectivity index (χ1) is 12.0. The van der Waals surface area contributed by atoms with Crippen LogP contribution in [0.5, 0.6) is 0 Å². The lowest BCUT2D eigenvalue weighted by atomic mass is 10.2. The van der Waals surface area contributed by atoms with Gasteiger partial charge in [0, 0.05) is 12.8 Å². The number of nitrogens with one attached hydrogen (secondary N) is 1. The fraction of sp³-hybridized carbons (Fsp3) is 0.312. The fourth-order valence-electron chi connectivity index (χ4n) is 2.46. The topological polar surface area (TPSA) is 113 Å². The third kappa shape index (κ3) is 3.53. The predicted octanol–water partition coefficient (Wildman–Crippen LogP) is -0.0831. The Balaban J connectivity index is 2.14. The van der Waals surface area contributed by atoms with Gasteiger partial charge in [-0.15, -0.1) is 0 Å². The molecular formula is C16H18N4O4S. The highest BCUT2D eigenvalue weighted by molar-refractivity contribution is 7.99. The third-order valence-electron chi connectivity index (χ3n) is 3.77. The first-order valence-corrected chi connectivity index (χ1v) is 8.65. The highest BCUT2D eigenvalue weighted by Gasteiger charge is 2.18. The number of hydrogen-bond acceptors (Lipinski definition) is 6. The van der Waals surface area contributed by atoms with Crippen LogP contribution < -0.4 is 11.2 Å². The number of aromatic amines is 1. The number of hydrogen-bond donors (Lipinski definition) is 3. The van der Waals surface area contributed by atoms with Gasteiger partial charge in [-0.2, -0.15) is 0 Å². The summed E-state index contributed by atoms with van der Waals surface area (Å²) in [5.74, 6) is 0.223. The first-order valence-electron chi connectivity index (χ1n) is 7.66. The molecule has 0 amide bonds. The van der Waals surface area contributed by atoms with Gasteiger partial charge in [0.25, 0.3) is 5.56 Å². The number of aliphatic hydroxyl groups is 2. The molecule has 0 saturated carbocycles. The number of H-pyrrole nitrogens is 1. The van der Waals surface area contributed by atoms with E-state index in [2.05, 4.69) is 9.97 Å². The van der Waals surface area contributed by atoms with Gasteiger partial charge in [-0.3, -0.25) is 14.3 Å². The molecule has 2 aromatic heterocycles. The molecule has 3 aromatic rings. The summed E-state index contributed by atoms with van der Waals surface area (Å²) in [6.07, 6.45) is -0.892. The van der Waals surface area contributed by atoms with Gasteiger partial charge < -0.3 is 14.8 Å². The van der Waals surface area contributed by atoms with Crippen LogP contribution in [0.3, 0.4) is 0 Å². The van der Waals surface area contributed by atoms with Crippen molar-refractivity contribution in [1.29, 1.82) is 0 Å². The van der Waals surface area contributed by atoms with Crippen LogP contribution in [0.4, 0.5) is 0 Å². The number of fused-ring (bicyclic) bond motifs is 1. The molecule has 8 nitrogen and oxygen atoms in total. The van der Waals surface area contributed by atoms with Crippen LogP contribution in [-0.4, -0.2) is 47.8 Å². The summed E-state index contributed by atoms with van der Waals surface area (Å²) < 4.78 is 3.00. The van der Waals surface area contributed by atoms with Crippen LogP contribution in [0.25, 0.3) is 11.2 Å². The van der Waals surface area contributed by atoms with Crippen molar-refractivity contribution in [3.63, 3.8) is 0 Å². The zero-order valence-electron chi connectivity index (χ0n) is 13.5. The van der Waals surface area contributed by atoms with Gasteiger partial charge in [0.15, 0.2) is 16.3 Å². The van der Waals surface area contributed by atoms with Gasteiger partial charge in [0.2, 0.25) is 0 Å². The lowest BCUT2D eigenvalue weighted by Crippen LogP contribution is -2.29. The number of rotatable bonds is 6. The van der Waals surface area contributed by atoms with Gasteiger partial charge >= 0.3 is 5.69 Å². The molecule has 9 heteroatoms. The monoisotopic (exact) mass is 362 g/mol.